The number of benzene rings is 1. The highest BCUT2D eigenvalue weighted by Crippen LogP contribution is 2.35. The summed E-state index contributed by atoms with van der Waals surface area (Å²) in [6, 6.07) is 4.58. The van der Waals surface area contributed by atoms with Crippen LogP contribution in [0.5, 0.6) is 0 Å². The van der Waals surface area contributed by atoms with Crippen molar-refractivity contribution >= 4 is 37.8 Å². The lowest BCUT2D eigenvalue weighted by molar-refractivity contribution is -0.141. The Morgan fingerprint density at radius 2 is 1.75 bits per heavy atom. The van der Waals surface area contributed by atoms with E-state index in [1.807, 2.05) is 0 Å². The Bertz CT molecular complexity index is 662. The lowest BCUT2D eigenvalue weighted by atomic mass is 10.2. The molecule has 4 nitrogen and oxygen atoms in total. The third kappa shape index (κ3) is 3.04. The normalized spacial score (nSPS) is 11.7. The highest BCUT2D eigenvalue weighted by Gasteiger charge is 2.41. The van der Waals surface area contributed by atoms with Crippen molar-refractivity contribution in [3.05, 3.63) is 38.6 Å². The van der Waals surface area contributed by atoms with Crippen molar-refractivity contribution in [3.8, 4) is 11.5 Å². The molecular formula is C11H4Br2F3NO3. The highest BCUT2D eigenvalue weighted by atomic mass is 79.9. The van der Waals surface area contributed by atoms with Crippen LogP contribution in [0.1, 0.15) is 16.2 Å². The number of carbonyl (C=O) groups is 1. The number of aromatic nitrogens is 1. The summed E-state index contributed by atoms with van der Waals surface area (Å²) in [5, 5.41) is 8.75. The Morgan fingerprint density at radius 1 is 1.20 bits per heavy atom. The molecule has 0 bridgehead atoms. The van der Waals surface area contributed by atoms with Gasteiger partial charge in [0.05, 0.1) is 0 Å². The van der Waals surface area contributed by atoms with Gasteiger partial charge in [-0.25, -0.2) is 9.78 Å². The molecular weight excluding hydrogens is 411 g/mol. The molecule has 2 aromatic rings. The van der Waals surface area contributed by atoms with Gasteiger partial charge in [-0.15, -0.1) is 0 Å². The molecule has 1 N–H and O–H groups in total. The van der Waals surface area contributed by atoms with E-state index in [0.717, 1.165) is 0 Å². The van der Waals surface area contributed by atoms with Gasteiger partial charge in [-0.2, -0.15) is 13.2 Å². The number of aromatic carboxylic acids is 1. The predicted octanol–water partition coefficient (Wildman–Crippen LogP) is 4.58. The van der Waals surface area contributed by atoms with Gasteiger partial charge >= 0.3 is 12.1 Å². The molecule has 0 spiro atoms. The molecule has 0 unspecified atom stereocenters. The maximum Gasteiger partial charge on any atom is 0.437 e. The van der Waals surface area contributed by atoms with Crippen molar-refractivity contribution in [2.75, 3.05) is 0 Å². The van der Waals surface area contributed by atoms with Crippen LogP contribution in [-0.4, -0.2) is 16.1 Å². The molecule has 0 aliphatic heterocycles. The number of nitrogens with zero attached hydrogens (tertiary/aromatic N) is 1. The quantitative estimate of drug-likeness (QED) is 0.780. The van der Waals surface area contributed by atoms with Crippen LogP contribution in [0, 0.1) is 0 Å². The molecule has 0 aliphatic carbocycles. The smallest absolute Gasteiger partial charge is 0.437 e. The fourth-order valence-corrected chi connectivity index (χ4v) is 2.75. The molecule has 0 saturated carbocycles. The Labute approximate surface area is 126 Å². The number of carboxylic acid groups (broad SMARTS) is 1. The molecule has 1 heterocycles. The summed E-state index contributed by atoms with van der Waals surface area (Å²) in [6.07, 6.45) is -4.90. The van der Waals surface area contributed by atoms with Gasteiger partial charge in [0, 0.05) is 14.5 Å². The predicted molar refractivity (Wildman–Crippen MR) is 69.3 cm³/mol. The summed E-state index contributed by atoms with van der Waals surface area (Å²) in [6.45, 7) is 0. The third-order valence-corrected chi connectivity index (χ3v) is 3.12. The molecule has 0 radical (unpaired) electrons. The van der Waals surface area contributed by atoms with Gasteiger partial charge in [0.25, 0.3) is 0 Å². The molecule has 0 saturated heterocycles. The van der Waals surface area contributed by atoms with Crippen LogP contribution in [0.3, 0.4) is 0 Å². The molecule has 0 atom stereocenters. The van der Waals surface area contributed by atoms with Crippen molar-refractivity contribution < 1.29 is 27.5 Å². The average Bonchev–Trinajstić information content (AvgIpc) is 2.71. The molecule has 9 heteroatoms. The summed E-state index contributed by atoms with van der Waals surface area (Å²) in [7, 11) is 0. The first-order chi connectivity index (χ1) is 9.18. The fourth-order valence-electron chi connectivity index (χ4n) is 1.46. The highest BCUT2D eigenvalue weighted by molar-refractivity contribution is 9.11. The second kappa shape index (κ2) is 5.21. The van der Waals surface area contributed by atoms with E-state index in [1.54, 1.807) is 6.07 Å². The zero-order valence-corrected chi connectivity index (χ0v) is 12.5. The van der Waals surface area contributed by atoms with Gasteiger partial charge in [0.2, 0.25) is 11.7 Å². The van der Waals surface area contributed by atoms with Crippen LogP contribution < -0.4 is 0 Å². The molecule has 1 aromatic carbocycles. The van der Waals surface area contributed by atoms with Crippen LogP contribution in [-0.2, 0) is 6.18 Å². The molecule has 2 rings (SSSR count). The Morgan fingerprint density at radius 3 is 2.15 bits per heavy atom. The summed E-state index contributed by atoms with van der Waals surface area (Å²) in [5.74, 6) is -3.48. The van der Waals surface area contributed by atoms with Crippen molar-refractivity contribution in [1.29, 1.82) is 0 Å². The Hall–Kier alpha value is -1.35. The molecule has 0 amide bonds. The van der Waals surface area contributed by atoms with E-state index in [9.17, 15) is 18.0 Å². The first-order valence-corrected chi connectivity index (χ1v) is 6.55. The molecule has 0 fully saturated rings. The zero-order chi connectivity index (χ0) is 15.1. The van der Waals surface area contributed by atoms with Crippen LogP contribution in [0.4, 0.5) is 13.2 Å². The number of hydrogen-bond acceptors (Lipinski definition) is 3. The number of oxazole rings is 1. The first-order valence-electron chi connectivity index (χ1n) is 4.96. The number of halogens is 5. The topological polar surface area (TPSA) is 63.3 Å². The van der Waals surface area contributed by atoms with Gasteiger partial charge in [0.1, 0.15) is 0 Å². The van der Waals surface area contributed by atoms with E-state index in [4.69, 9.17) is 9.52 Å². The summed E-state index contributed by atoms with van der Waals surface area (Å²) in [5.41, 5.74) is -1.35. The summed E-state index contributed by atoms with van der Waals surface area (Å²) in [4.78, 5) is 14.0. The number of hydrogen-bond donors (Lipinski definition) is 1. The minimum atomic E-state index is -4.90. The monoisotopic (exact) mass is 413 g/mol. The van der Waals surface area contributed by atoms with Gasteiger partial charge < -0.3 is 9.52 Å². The van der Waals surface area contributed by atoms with Crippen LogP contribution in [0.25, 0.3) is 11.5 Å². The number of carboxylic acids is 1. The van der Waals surface area contributed by atoms with E-state index >= 15 is 0 Å². The first kappa shape index (κ1) is 15.0. The lowest BCUT2D eigenvalue weighted by Crippen LogP contribution is -2.11. The van der Waals surface area contributed by atoms with E-state index in [2.05, 4.69) is 36.8 Å². The Kier molecular flexibility index (Phi) is 3.92. The number of rotatable bonds is 2. The average molecular weight is 415 g/mol. The summed E-state index contributed by atoms with van der Waals surface area (Å²) >= 11 is 6.33. The van der Waals surface area contributed by atoms with Crippen LogP contribution >= 0.6 is 31.9 Å². The SMILES string of the molecule is O=C(O)c1oc(-c2cc(Br)cc(Br)c2)nc1C(F)(F)F. The largest absolute Gasteiger partial charge is 0.475 e. The standard InChI is InChI=1S/C11H4Br2F3NO3/c12-5-1-4(2-6(13)3-5)9-17-8(11(14,15)16)7(20-9)10(18)19/h1-3H,(H,18,19). The molecule has 1 aromatic heterocycles. The van der Waals surface area contributed by atoms with Gasteiger partial charge in [-0.1, -0.05) is 31.9 Å². The fraction of sp³-hybridized carbons (Fsp3) is 0.0909. The molecule has 106 valence electrons. The van der Waals surface area contributed by atoms with Crippen molar-refractivity contribution in [2.45, 2.75) is 6.18 Å². The van der Waals surface area contributed by atoms with E-state index in [0.29, 0.717) is 8.95 Å². The van der Waals surface area contributed by atoms with E-state index < -0.39 is 29.5 Å². The molecule has 0 aliphatic rings. The van der Waals surface area contributed by atoms with Crippen LogP contribution in [0.2, 0.25) is 0 Å². The third-order valence-electron chi connectivity index (χ3n) is 2.20. The minimum Gasteiger partial charge on any atom is -0.475 e. The van der Waals surface area contributed by atoms with E-state index in [1.165, 1.54) is 12.1 Å². The second-order valence-electron chi connectivity index (χ2n) is 3.66. The maximum absolute atomic E-state index is 12.7. The number of alkyl halides is 3. The van der Waals surface area contributed by atoms with Gasteiger partial charge in [0.15, 0.2) is 5.69 Å². The molecule has 20 heavy (non-hydrogen) atoms. The zero-order valence-electron chi connectivity index (χ0n) is 9.33. The van der Waals surface area contributed by atoms with Crippen molar-refractivity contribution in [3.63, 3.8) is 0 Å². The van der Waals surface area contributed by atoms with Crippen LogP contribution in [0.15, 0.2) is 31.6 Å². The van der Waals surface area contributed by atoms with Gasteiger partial charge in [-0.05, 0) is 18.2 Å². The second-order valence-corrected chi connectivity index (χ2v) is 5.49. The van der Waals surface area contributed by atoms with Crippen molar-refractivity contribution in [1.82, 2.24) is 4.98 Å². The Balaban J connectivity index is 2.62. The lowest BCUT2D eigenvalue weighted by Gasteiger charge is -2.01. The van der Waals surface area contributed by atoms with Gasteiger partial charge in [-0.3, -0.25) is 0 Å². The van der Waals surface area contributed by atoms with E-state index in [-0.39, 0.29) is 5.56 Å². The van der Waals surface area contributed by atoms with Crippen molar-refractivity contribution in [2.24, 2.45) is 0 Å². The minimum absolute atomic E-state index is 0.212. The summed E-state index contributed by atoms with van der Waals surface area (Å²) < 4.78 is 44.0. The maximum atomic E-state index is 12.7.